The van der Waals surface area contributed by atoms with Gasteiger partial charge < -0.3 is 15.2 Å². The van der Waals surface area contributed by atoms with Crippen LogP contribution in [0.5, 0.6) is 11.5 Å². The second kappa shape index (κ2) is 9.17. The molecule has 2 aromatic rings. The van der Waals surface area contributed by atoms with E-state index in [2.05, 4.69) is 24.9 Å². The summed E-state index contributed by atoms with van der Waals surface area (Å²) in [5, 5.41) is 0.783. The molecular formula is C21H21ClN2O3S. The molecule has 1 amide bonds. The van der Waals surface area contributed by atoms with Crippen LogP contribution < -0.4 is 15.2 Å². The molecule has 0 fully saturated rings. The van der Waals surface area contributed by atoms with Crippen LogP contribution in [-0.4, -0.2) is 24.3 Å². The molecule has 7 heteroatoms. The molecule has 0 aliphatic carbocycles. The molecule has 28 heavy (non-hydrogen) atoms. The fraction of sp³-hybridized carbons (Fsp3) is 0.238. The van der Waals surface area contributed by atoms with Crippen molar-refractivity contribution in [1.82, 2.24) is 0 Å². The van der Waals surface area contributed by atoms with E-state index < -0.39 is 0 Å². The van der Waals surface area contributed by atoms with Crippen molar-refractivity contribution in [3.8, 4) is 11.5 Å². The minimum Gasteiger partial charge on any atom is -0.490 e. The summed E-state index contributed by atoms with van der Waals surface area (Å²) < 4.78 is 11.7. The number of carbonyl (C=O) groups excluding carboxylic acids is 1. The van der Waals surface area contributed by atoms with Crippen molar-refractivity contribution in [3.63, 3.8) is 0 Å². The van der Waals surface area contributed by atoms with Gasteiger partial charge in [0.2, 0.25) is 0 Å². The van der Waals surface area contributed by atoms with Crippen LogP contribution in [0.4, 0.5) is 0 Å². The van der Waals surface area contributed by atoms with E-state index in [1.807, 2.05) is 12.1 Å². The van der Waals surface area contributed by atoms with E-state index in [0.29, 0.717) is 34.5 Å². The summed E-state index contributed by atoms with van der Waals surface area (Å²) in [5.41, 5.74) is 8.70. The van der Waals surface area contributed by atoms with E-state index in [1.54, 1.807) is 24.3 Å². The Bertz CT molecular complexity index is 957. The molecule has 1 aliphatic rings. The van der Waals surface area contributed by atoms with Gasteiger partial charge in [0.05, 0.1) is 4.91 Å². The van der Waals surface area contributed by atoms with E-state index in [4.69, 9.17) is 26.8 Å². The van der Waals surface area contributed by atoms with Gasteiger partial charge in [-0.15, -0.1) is 0 Å². The lowest BCUT2D eigenvalue weighted by Crippen LogP contribution is -2.10. The highest BCUT2D eigenvalue weighted by molar-refractivity contribution is 8.18. The van der Waals surface area contributed by atoms with Crippen LogP contribution in [-0.2, 0) is 11.2 Å². The molecule has 0 aromatic heterocycles. The fourth-order valence-electron chi connectivity index (χ4n) is 2.75. The molecule has 146 valence electrons. The van der Waals surface area contributed by atoms with Crippen LogP contribution in [0.3, 0.4) is 0 Å². The third-order valence-corrected chi connectivity index (χ3v) is 5.07. The smallest absolute Gasteiger partial charge is 0.286 e. The average Bonchev–Trinajstić information content (AvgIpc) is 2.96. The molecule has 0 atom stereocenters. The fourth-order valence-corrected chi connectivity index (χ4v) is 3.61. The number of amidine groups is 1. The zero-order valence-corrected chi connectivity index (χ0v) is 17.3. The SMILES string of the molecule is CCc1cc(C)cc(OCCOc2ccc(Cl)cc2/C=C2/SC(N)=NC2=O)c1. The lowest BCUT2D eigenvalue weighted by molar-refractivity contribution is -0.113. The first kappa shape index (κ1) is 20.3. The number of nitrogens with two attached hydrogens (primary N) is 1. The minimum absolute atomic E-state index is 0.235. The van der Waals surface area contributed by atoms with Crippen LogP contribution in [0.2, 0.25) is 5.02 Å². The second-order valence-corrected chi connectivity index (χ2v) is 7.75. The number of hydrogen-bond donors (Lipinski definition) is 1. The van der Waals surface area contributed by atoms with Crippen molar-refractivity contribution >= 4 is 40.5 Å². The number of benzene rings is 2. The Labute approximate surface area is 173 Å². The average molecular weight is 417 g/mol. The molecule has 0 radical (unpaired) electrons. The Morgan fingerprint density at radius 3 is 2.68 bits per heavy atom. The first-order valence-electron chi connectivity index (χ1n) is 8.88. The van der Waals surface area contributed by atoms with Gasteiger partial charge in [0.15, 0.2) is 5.17 Å². The van der Waals surface area contributed by atoms with Gasteiger partial charge in [-0.3, -0.25) is 4.79 Å². The number of thioether (sulfide) groups is 1. The monoisotopic (exact) mass is 416 g/mol. The second-order valence-electron chi connectivity index (χ2n) is 6.25. The Morgan fingerprint density at radius 2 is 1.96 bits per heavy atom. The Hall–Kier alpha value is -2.44. The molecule has 5 nitrogen and oxygen atoms in total. The predicted molar refractivity (Wildman–Crippen MR) is 115 cm³/mol. The van der Waals surface area contributed by atoms with Gasteiger partial charge in [0.1, 0.15) is 24.7 Å². The largest absolute Gasteiger partial charge is 0.490 e. The third-order valence-electron chi connectivity index (χ3n) is 4.02. The highest BCUT2D eigenvalue weighted by Gasteiger charge is 2.20. The summed E-state index contributed by atoms with van der Waals surface area (Å²) in [4.78, 5) is 16.0. The molecule has 3 rings (SSSR count). The molecule has 0 spiro atoms. The maximum absolute atomic E-state index is 11.8. The highest BCUT2D eigenvalue weighted by atomic mass is 35.5. The van der Waals surface area contributed by atoms with E-state index in [0.717, 1.165) is 23.9 Å². The number of carbonyl (C=O) groups is 1. The lowest BCUT2D eigenvalue weighted by atomic mass is 10.1. The predicted octanol–water partition coefficient (Wildman–Crippen LogP) is 4.60. The quantitative estimate of drug-likeness (QED) is 0.527. The summed E-state index contributed by atoms with van der Waals surface area (Å²) in [6, 6.07) is 11.4. The lowest BCUT2D eigenvalue weighted by Gasteiger charge is -2.12. The molecule has 0 saturated carbocycles. The Morgan fingerprint density at radius 1 is 1.18 bits per heavy atom. The van der Waals surface area contributed by atoms with Crippen LogP contribution in [0.15, 0.2) is 46.3 Å². The molecule has 0 saturated heterocycles. The number of rotatable bonds is 7. The minimum atomic E-state index is -0.358. The molecule has 1 heterocycles. The van der Waals surface area contributed by atoms with E-state index in [-0.39, 0.29) is 11.1 Å². The molecular weight excluding hydrogens is 396 g/mol. The van der Waals surface area contributed by atoms with Crippen molar-refractivity contribution in [2.45, 2.75) is 20.3 Å². The maximum Gasteiger partial charge on any atom is 0.286 e. The Kier molecular flexibility index (Phi) is 6.65. The number of ether oxygens (including phenoxy) is 2. The third kappa shape index (κ3) is 5.30. The topological polar surface area (TPSA) is 73.9 Å². The maximum atomic E-state index is 11.8. The van der Waals surface area contributed by atoms with E-state index in [1.165, 1.54) is 11.1 Å². The summed E-state index contributed by atoms with van der Waals surface area (Å²) >= 11 is 7.23. The van der Waals surface area contributed by atoms with Crippen molar-refractivity contribution in [2.75, 3.05) is 13.2 Å². The first-order chi connectivity index (χ1) is 13.4. The Balaban J connectivity index is 1.64. The van der Waals surface area contributed by atoms with Gasteiger partial charge in [0.25, 0.3) is 5.91 Å². The van der Waals surface area contributed by atoms with E-state index in [9.17, 15) is 4.79 Å². The number of aliphatic imine (C=N–C) groups is 1. The number of aryl methyl sites for hydroxylation is 2. The summed E-state index contributed by atoms with van der Waals surface area (Å²) in [6.45, 7) is 4.92. The van der Waals surface area contributed by atoms with Crippen molar-refractivity contribution < 1.29 is 14.3 Å². The first-order valence-corrected chi connectivity index (χ1v) is 10.1. The molecule has 0 bridgehead atoms. The van der Waals surface area contributed by atoms with Crippen molar-refractivity contribution in [2.24, 2.45) is 10.7 Å². The molecule has 2 N–H and O–H groups in total. The zero-order valence-electron chi connectivity index (χ0n) is 15.7. The van der Waals surface area contributed by atoms with Gasteiger partial charge >= 0.3 is 0 Å². The highest BCUT2D eigenvalue weighted by Crippen LogP contribution is 2.31. The molecule has 2 aromatic carbocycles. The van der Waals surface area contributed by atoms with Gasteiger partial charge in [-0.1, -0.05) is 24.6 Å². The van der Waals surface area contributed by atoms with Crippen LogP contribution in [0, 0.1) is 6.92 Å². The van der Waals surface area contributed by atoms with Crippen molar-refractivity contribution in [1.29, 1.82) is 0 Å². The number of halogens is 1. The normalized spacial score (nSPS) is 15.0. The van der Waals surface area contributed by atoms with Gasteiger partial charge in [-0.05, 0) is 72.6 Å². The summed E-state index contributed by atoms with van der Waals surface area (Å²) in [5.74, 6) is 1.08. The van der Waals surface area contributed by atoms with Gasteiger partial charge in [-0.2, -0.15) is 4.99 Å². The molecule has 0 unspecified atom stereocenters. The van der Waals surface area contributed by atoms with Gasteiger partial charge in [-0.25, -0.2) is 0 Å². The van der Waals surface area contributed by atoms with Crippen LogP contribution in [0.25, 0.3) is 6.08 Å². The number of amides is 1. The summed E-state index contributed by atoms with van der Waals surface area (Å²) in [6.07, 6.45) is 2.65. The van der Waals surface area contributed by atoms with E-state index >= 15 is 0 Å². The van der Waals surface area contributed by atoms with Gasteiger partial charge in [0, 0.05) is 10.6 Å². The van der Waals surface area contributed by atoms with Crippen LogP contribution in [0.1, 0.15) is 23.6 Å². The van der Waals surface area contributed by atoms with Crippen molar-refractivity contribution in [3.05, 3.63) is 63.0 Å². The number of hydrogen-bond acceptors (Lipinski definition) is 5. The molecule has 1 aliphatic heterocycles. The zero-order chi connectivity index (χ0) is 20.1. The number of nitrogens with zero attached hydrogens (tertiary/aromatic N) is 1. The van der Waals surface area contributed by atoms with Crippen LogP contribution >= 0.6 is 23.4 Å². The standard InChI is InChI=1S/C21H21ClN2O3S/c1-3-14-8-13(2)9-17(10-14)26-6-7-27-18-5-4-16(22)11-15(18)12-19-20(25)24-21(23)28-19/h4-5,8-12H,3,6-7H2,1-2H3,(H2,23,24,25)/b19-12+. The summed E-state index contributed by atoms with van der Waals surface area (Å²) in [7, 11) is 0.